The third-order valence-corrected chi connectivity index (χ3v) is 1.78. The van der Waals surface area contributed by atoms with Crippen molar-refractivity contribution in [3.63, 3.8) is 0 Å². The zero-order valence-electron chi connectivity index (χ0n) is 10.7. The smallest absolute Gasteiger partial charge is 0.303 e. The van der Waals surface area contributed by atoms with Gasteiger partial charge in [0.15, 0.2) is 0 Å². The first kappa shape index (κ1) is 24.3. The van der Waals surface area contributed by atoms with Crippen LogP contribution in [0.4, 0.5) is 0 Å². The van der Waals surface area contributed by atoms with Crippen molar-refractivity contribution in [2.75, 3.05) is 13.2 Å². The summed E-state index contributed by atoms with van der Waals surface area (Å²) in [5.41, 5.74) is 0.970. The molecule has 0 bridgehead atoms. The standard InChI is InChI=1S/C6H7N2.C5H8O3.CH4.W.Y/c1-5-3-4-7-6(2)8-5;1-4(6)8-5-2-7-3-5;;;/h3H,1-2H3;5H,2-3H2,1H3;1H4;;/q-1;;;;. The fraction of sp³-hybridized carbons (Fsp3) is 0.583. The molecule has 0 unspecified atom stereocenters. The van der Waals surface area contributed by atoms with E-state index in [1.54, 1.807) is 6.07 Å². The summed E-state index contributed by atoms with van der Waals surface area (Å²) in [4.78, 5) is 18.0. The minimum absolute atomic E-state index is 0. The molecule has 0 N–H and O–H groups in total. The van der Waals surface area contributed by atoms with E-state index < -0.39 is 0 Å². The Morgan fingerprint density at radius 3 is 2.26 bits per heavy atom. The fourth-order valence-electron chi connectivity index (χ4n) is 1.05. The van der Waals surface area contributed by atoms with E-state index >= 15 is 0 Å². The van der Waals surface area contributed by atoms with Crippen LogP contribution >= 0.6 is 0 Å². The second-order valence-electron chi connectivity index (χ2n) is 3.45. The first-order chi connectivity index (χ1) is 7.58. The molecule has 0 aliphatic carbocycles. The van der Waals surface area contributed by atoms with Crippen LogP contribution in [0.5, 0.6) is 0 Å². The molecule has 19 heavy (non-hydrogen) atoms. The van der Waals surface area contributed by atoms with E-state index in [1.807, 2.05) is 13.8 Å². The van der Waals surface area contributed by atoms with E-state index in [-0.39, 0.29) is 73.3 Å². The first-order valence-corrected chi connectivity index (χ1v) is 5.01. The number of aryl methyl sites for hydroxylation is 2. The van der Waals surface area contributed by atoms with E-state index in [2.05, 4.69) is 16.2 Å². The third kappa shape index (κ3) is 11.8. The minimum atomic E-state index is -0.224. The van der Waals surface area contributed by atoms with Gasteiger partial charge in [-0.15, -0.1) is 6.07 Å². The molecule has 1 fully saturated rings. The average molecular weight is 512 g/mol. The van der Waals surface area contributed by atoms with Crippen LogP contribution in [0.3, 0.4) is 0 Å². The predicted octanol–water partition coefficient (Wildman–Crippen LogP) is 1.47. The predicted molar refractivity (Wildman–Crippen MR) is 63.4 cm³/mol. The SMILES string of the molecule is C.CC(=O)OC1COC1.Cc1c[c-]nc(C)n1.[W].[Y]. The number of nitrogens with zero attached hydrogens (tertiary/aromatic N) is 2. The molecule has 2 rings (SSSR count). The number of esters is 1. The second kappa shape index (κ2) is 13.3. The van der Waals surface area contributed by atoms with E-state index in [4.69, 9.17) is 9.47 Å². The fourth-order valence-corrected chi connectivity index (χ4v) is 1.05. The van der Waals surface area contributed by atoms with Crippen molar-refractivity contribution >= 4 is 5.97 Å². The molecular weight excluding hydrogens is 493 g/mol. The molecule has 2 heterocycles. The van der Waals surface area contributed by atoms with Gasteiger partial charge in [-0.3, -0.25) is 4.79 Å². The Bertz CT molecular complexity index is 345. The number of rotatable bonds is 1. The minimum Gasteiger partial charge on any atom is -0.458 e. The molecular formula is C12H19N2O3WY-. The van der Waals surface area contributed by atoms with Crippen LogP contribution in [-0.4, -0.2) is 35.3 Å². The topological polar surface area (TPSA) is 61.3 Å². The van der Waals surface area contributed by atoms with Crippen LogP contribution in [0.2, 0.25) is 0 Å². The van der Waals surface area contributed by atoms with Crippen LogP contribution in [0.15, 0.2) is 6.07 Å². The van der Waals surface area contributed by atoms with Crippen molar-refractivity contribution in [3.8, 4) is 0 Å². The maximum atomic E-state index is 10.2. The number of carbonyl (C=O) groups excluding carboxylic acids is 1. The molecule has 0 aromatic carbocycles. The summed E-state index contributed by atoms with van der Waals surface area (Å²) in [6.07, 6.45) is 2.75. The van der Waals surface area contributed by atoms with Gasteiger partial charge < -0.3 is 19.4 Å². The van der Waals surface area contributed by atoms with Gasteiger partial charge in [0.2, 0.25) is 0 Å². The normalized spacial score (nSPS) is 12.2. The monoisotopic (exact) mass is 512 g/mol. The van der Waals surface area contributed by atoms with Gasteiger partial charge >= 0.3 is 5.97 Å². The molecule has 1 aliphatic heterocycles. The Hall–Kier alpha value is 0.302. The van der Waals surface area contributed by atoms with Crippen molar-refractivity contribution in [1.82, 2.24) is 9.97 Å². The molecule has 0 atom stereocenters. The van der Waals surface area contributed by atoms with Gasteiger partial charge in [0.1, 0.15) is 6.10 Å². The summed E-state index contributed by atoms with van der Waals surface area (Å²) in [5, 5.41) is 0. The number of hydrogen-bond acceptors (Lipinski definition) is 5. The van der Waals surface area contributed by atoms with Crippen molar-refractivity contribution < 1.29 is 68.0 Å². The first-order valence-electron chi connectivity index (χ1n) is 5.01. The molecule has 0 saturated carbocycles. The van der Waals surface area contributed by atoms with Crippen molar-refractivity contribution in [1.29, 1.82) is 0 Å². The van der Waals surface area contributed by atoms with E-state index in [1.165, 1.54) is 6.92 Å². The summed E-state index contributed by atoms with van der Waals surface area (Å²) in [6.45, 7) is 6.31. The Balaban J connectivity index is -0.000000233. The Morgan fingerprint density at radius 2 is 2.05 bits per heavy atom. The average Bonchev–Trinajstić information content (AvgIpc) is 2.12. The molecule has 0 spiro atoms. The third-order valence-electron chi connectivity index (χ3n) is 1.78. The summed E-state index contributed by atoms with van der Waals surface area (Å²) < 4.78 is 9.48. The number of hydrogen-bond donors (Lipinski definition) is 0. The number of carbonyl (C=O) groups is 1. The summed E-state index contributed by atoms with van der Waals surface area (Å²) in [5.74, 6) is 0.559. The van der Waals surface area contributed by atoms with Crippen molar-refractivity contribution in [2.24, 2.45) is 0 Å². The zero-order chi connectivity index (χ0) is 12.0. The van der Waals surface area contributed by atoms with Gasteiger partial charge in [-0.1, -0.05) is 33.2 Å². The maximum absolute atomic E-state index is 10.2. The Labute approximate surface area is 154 Å². The number of ether oxygens (including phenoxy) is 2. The van der Waals surface area contributed by atoms with Crippen molar-refractivity contribution in [2.45, 2.75) is 34.3 Å². The molecule has 1 radical (unpaired) electrons. The van der Waals surface area contributed by atoms with Gasteiger partial charge in [-0.2, -0.15) is 0 Å². The largest absolute Gasteiger partial charge is 0.458 e. The molecule has 1 saturated heterocycles. The zero-order valence-corrected chi connectivity index (χ0v) is 16.4. The summed E-state index contributed by atoms with van der Waals surface area (Å²) >= 11 is 0. The van der Waals surface area contributed by atoms with E-state index in [0.717, 1.165) is 11.5 Å². The molecule has 1 aromatic heterocycles. The Morgan fingerprint density at radius 1 is 1.47 bits per heavy atom. The molecule has 105 valence electrons. The van der Waals surface area contributed by atoms with Crippen LogP contribution < -0.4 is 0 Å². The van der Waals surface area contributed by atoms with Gasteiger partial charge in [0.05, 0.1) is 13.2 Å². The van der Waals surface area contributed by atoms with E-state index in [9.17, 15) is 4.79 Å². The molecule has 0 amide bonds. The van der Waals surface area contributed by atoms with Crippen molar-refractivity contribution in [3.05, 3.63) is 23.8 Å². The Kier molecular flexibility index (Phi) is 17.0. The molecule has 1 aliphatic rings. The summed E-state index contributed by atoms with van der Waals surface area (Å²) in [7, 11) is 0. The van der Waals surface area contributed by atoms with Crippen LogP contribution in [0, 0.1) is 20.0 Å². The van der Waals surface area contributed by atoms with Gasteiger partial charge in [-0.25, -0.2) is 0 Å². The maximum Gasteiger partial charge on any atom is 0.303 e. The van der Waals surface area contributed by atoms with Gasteiger partial charge in [0.25, 0.3) is 0 Å². The van der Waals surface area contributed by atoms with Gasteiger partial charge in [0, 0.05) is 66.5 Å². The number of aromatic nitrogens is 2. The molecule has 5 nitrogen and oxygen atoms in total. The molecule has 7 heteroatoms. The van der Waals surface area contributed by atoms with E-state index in [0.29, 0.717) is 13.2 Å². The van der Waals surface area contributed by atoms with Crippen LogP contribution in [0.25, 0.3) is 0 Å². The van der Waals surface area contributed by atoms with Crippen LogP contribution in [-0.2, 0) is 68.0 Å². The molecule has 1 aromatic rings. The van der Waals surface area contributed by atoms with Gasteiger partial charge in [-0.05, 0) is 0 Å². The summed E-state index contributed by atoms with van der Waals surface area (Å²) in [6, 6.07) is 1.76. The second-order valence-corrected chi connectivity index (χ2v) is 3.45. The quantitative estimate of drug-likeness (QED) is 0.422. The van der Waals surface area contributed by atoms with Crippen LogP contribution in [0.1, 0.15) is 25.9 Å².